The lowest BCUT2D eigenvalue weighted by atomic mass is 9.97. The van der Waals surface area contributed by atoms with Gasteiger partial charge < -0.3 is 18.6 Å². The van der Waals surface area contributed by atoms with Gasteiger partial charge in [-0.3, -0.25) is 4.79 Å². The number of rotatable bonds is 4. The highest BCUT2D eigenvalue weighted by Crippen LogP contribution is 2.30. The maximum Gasteiger partial charge on any atom is 0.336 e. The molecule has 0 radical (unpaired) electrons. The largest absolute Gasteiger partial charge is 0.497 e. The van der Waals surface area contributed by atoms with E-state index in [0.29, 0.717) is 33.7 Å². The summed E-state index contributed by atoms with van der Waals surface area (Å²) in [4.78, 5) is 24.4. The lowest BCUT2D eigenvalue weighted by Crippen LogP contribution is -2.29. The molecule has 0 saturated carbocycles. The number of halogens is 1. The third kappa shape index (κ3) is 3.68. The van der Waals surface area contributed by atoms with Gasteiger partial charge in [0.25, 0.3) is 0 Å². The van der Waals surface area contributed by atoms with Gasteiger partial charge in [0, 0.05) is 28.1 Å². The number of esters is 1. The standard InChI is InChI=1S/C21H17ClO6/c1-25-16-3-4-17-13(8-20(23)28-19(17)9-16)10-27-21(24)14-6-12-7-15(22)2-5-18(12)26-11-14/h2-5,7-9,14H,6,10-11H2,1H3/t14-/m0/s1. The van der Waals surface area contributed by atoms with E-state index in [-0.39, 0.29) is 19.2 Å². The number of ether oxygens (including phenoxy) is 3. The van der Waals surface area contributed by atoms with Gasteiger partial charge in [-0.15, -0.1) is 0 Å². The predicted octanol–water partition coefficient (Wildman–Crippen LogP) is 3.75. The van der Waals surface area contributed by atoms with Crippen LogP contribution in [0.5, 0.6) is 11.5 Å². The minimum absolute atomic E-state index is 0.0356. The van der Waals surface area contributed by atoms with E-state index in [2.05, 4.69) is 0 Å². The van der Waals surface area contributed by atoms with E-state index < -0.39 is 11.5 Å². The highest BCUT2D eigenvalue weighted by Gasteiger charge is 2.27. The number of carbonyl (C=O) groups excluding carboxylic acids is 1. The predicted molar refractivity (Wildman–Crippen MR) is 103 cm³/mol. The molecule has 144 valence electrons. The summed E-state index contributed by atoms with van der Waals surface area (Å²) in [7, 11) is 1.53. The van der Waals surface area contributed by atoms with Crippen LogP contribution in [0.1, 0.15) is 11.1 Å². The van der Waals surface area contributed by atoms with Crippen LogP contribution in [-0.2, 0) is 22.6 Å². The Kier molecular flexibility index (Phi) is 4.96. The number of fused-ring (bicyclic) bond motifs is 2. The molecule has 6 nitrogen and oxygen atoms in total. The molecule has 0 unspecified atom stereocenters. The van der Waals surface area contributed by atoms with Gasteiger partial charge in [-0.05, 0) is 42.3 Å². The fraction of sp³-hybridized carbons (Fsp3) is 0.238. The molecule has 1 aliphatic rings. The highest BCUT2D eigenvalue weighted by atomic mass is 35.5. The summed E-state index contributed by atoms with van der Waals surface area (Å²) in [5, 5.41) is 1.28. The van der Waals surface area contributed by atoms with Crippen LogP contribution in [0.15, 0.2) is 51.7 Å². The lowest BCUT2D eigenvalue weighted by molar-refractivity contribution is -0.151. The van der Waals surface area contributed by atoms with Crippen LogP contribution in [-0.4, -0.2) is 19.7 Å². The Hall–Kier alpha value is -2.99. The van der Waals surface area contributed by atoms with Gasteiger partial charge in [0.1, 0.15) is 30.3 Å². The summed E-state index contributed by atoms with van der Waals surface area (Å²) in [6.45, 7) is 0.203. The quantitative estimate of drug-likeness (QED) is 0.490. The zero-order chi connectivity index (χ0) is 19.7. The molecule has 0 bridgehead atoms. The van der Waals surface area contributed by atoms with Crippen molar-refractivity contribution < 1.29 is 23.4 Å². The number of hydrogen-bond acceptors (Lipinski definition) is 6. The Morgan fingerprint density at radius 2 is 2.07 bits per heavy atom. The van der Waals surface area contributed by atoms with Crippen LogP contribution in [0.4, 0.5) is 0 Å². The summed E-state index contributed by atoms with van der Waals surface area (Å²) in [6, 6.07) is 11.8. The van der Waals surface area contributed by atoms with Crippen LogP contribution >= 0.6 is 11.6 Å². The highest BCUT2D eigenvalue weighted by molar-refractivity contribution is 6.30. The lowest BCUT2D eigenvalue weighted by Gasteiger charge is -2.24. The maximum atomic E-state index is 12.5. The first-order valence-corrected chi connectivity index (χ1v) is 9.10. The van der Waals surface area contributed by atoms with Gasteiger partial charge in [0.2, 0.25) is 0 Å². The zero-order valence-electron chi connectivity index (χ0n) is 15.1. The van der Waals surface area contributed by atoms with Crippen LogP contribution in [0.3, 0.4) is 0 Å². The van der Waals surface area contributed by atoms with Crippen molar-refractivity contribution >= 4 is 28.5 Å². The molecule has 4 rings (SSSR count). The Labute approximate surface area is 165 Å². The number of benzene rings is 2. The van der Waals surface area contributed by atoms with Crippen LogP contribution in [0.25, 0.3) is 11.0 Å². The molecule has 2 aromatic carbocycles. The fourth-order valence-electron chi connectivity index (χ4n) is 3.24. The summed E-state index contributed by atoms with van der Waals surface area (Å²) in [5.41, 5.74) is 1.31. The van der Waals surface area contributed by atoms with E-state index in [9.17, 15) is 9.59 Å². The van der Waals surface area contributed by atoms with E-state index >= 15 is 0 Å². The van der Waals surface area contributed by atoms with Crippen molar-refractivity contribution in [1.82, 2.24) is 0 Å². The third-order valence-electron chi connectivity index (χ3n) is 4.67. The second-order valence-corrected chi connectivity index (χ2v) is 6.96. The molecule has 3 aromatic rings. The van der Waals surface area contributed by atoms with Crippen molar-refractivity contribution in [2.75, 3.05) is 13.7 Å². The van der Waals surface area contributed by atoms with Gasteiger partial charge in [-0.1, -0.05) is 11.6 Å². The van der Waals surface area contributed by atoms with Gasteiger partial charge in [-0.25, -0.2) is 4.79 Å². The first kappa shape index (κ1) is 18.4. The normalized spacial score (nSPS) is 15.6. The molecule has 28 heavy (non-hydrogen) atoms. The fourth-order valence-corrected chi connectivity index (χ4v) is 3.43. The Bertz CT molecular complexity index is 1100. The summed E-state index contributed by atoms with van der Waals surface area (Å²) >= 11 is 6.02. The van der Waals surface area contributed by atoms with Crippen molar-refractivity contribution in [3.8, 4) is 11.5 Å². The molecular formula is C21H17ClO6. The van der Waals surface area contributed by atoms with E-state index in [1.807, 2.05) is 0 Å². The molecule has 2 heterocycles. The molecule has 7 heteroatoms. The first-order chi connectivity index (χ1) is 13.5. The molecule has 0 amide bonds. The number of hydrogen-bond donors (Lipinski definition) is 0. The van der Waals surface area contributed by atoms with Gasteiger partial charge in [0.15, 0.2) is 0 Å². The summed E-state index contributed by atoms with van der Waals surface area (Å²) in [6.07, 6.45) is 0.490. The molecule has 1 aromatic heterocycles. The average molecular weight is 401 g/mol. The van der Waals surface area contributed by atoms with Gasteiger partial charge in [-0.2, -0.15) is 0 Å². The number of carbonyl (C=O) groups is 1. The van der Waals surface area contributed by atoms with E-state index in [0.717, 1.165) is 11.3 Å². The third-order valence-corrected chi connectivity index (χ3v) is 4.90. The molecule has 0 aliphatic carbocycles. The Morgan fingerprint density at radius 1 is 1.21 bits per heavy atom. The smallest absolute Gasteiger partial charge is 0.336 e. The molecule has 0 spiro atoms. The Balaban J connectivity index is 1.50. The van der Waals surface area contributed by atoms with Crippen LogP contribution in [0.2, 0.25) is 5.02 Å². The molecule has 0 N–H and O–H groups in total. The summed E-state index contributed by atoms with van der Waals surface area (Å²) < 4.78 is 21.5. The van der Waals surface area contributed by atoms with Crippen molar-refractivity contribution in [2.45, 2.75) is 13.0 Å². The van der Waals surface area contributed by atoms with Crippen LogP contribution in [0, 0.1) is 5.92 Å². The monoisotopic (exact) mass is 400 g/mol. The van der Waals surface area contributed by atoms with E-state index in [4.69, 9.17) is 30.2 Å². The topological polar surface area (TPSA) is 75.0 Å². The molecule has 0 saturated heterocycles. The molecule has 1 atom stereocenters. The van der Waals surface area contributed by atoms with E-state index in [1.165, 1.54) is 13.2 Å². The average Bonchev–Trinajstić information content (AvgIpc) is 2.70. The minimum Gasteiger partial charge on any atom is -0.497 e. The van der Waals surface area contributed by atoms with Crippen molar-refractivity contribution in [3.63, 3.8) is 0 Å². The minimum atomic E-state index is -0.517. The second-order valence-electron chi connectivity index (χ2n) is 6.52. The Morgan fingerprint density at radius 3 is 2.89 bits per heavy atom. The maximum absolute atomic E-state index is 12.5. The first-order valence-electron chi connectivity index (χ1n) is 8.72. The van der Waals surface area contributed by atoms with Crippen molar-refractivity contribution in [1.29, 1.82) is 0 Å². The molecular weight excluding hydrogens is 384 g/mol. The van der Waals surface area contributed by atoms with Crippen LogP contribution < -0.4 is 15.1 Å². The zero-order valence-corrected chi connectivity index (χ0v) is 15.8. The van der Waals surface area contributed by atoms with Gasteiger partial charge >= 0.3 is 11.6 Å². The van der Waals surface area contributed by atoms with Crippen molar-refractivity contribution in [3.05, 3.63) is 69.0 Å². The number of methoxy groups -OCH3 is 1. The summed E-state index contributed by atoms with van der Waals surface area (Å²) in [5.74, 6) is 0.480. The van der Waals surface area contributed by atoms with E-state index in [1.54, 1.807) is 36.4 Å². The SMILES string of the molecule is COc1ccc2c(COC(=O)[C@@H]3COc4ccc(Cl)cc4C3)cc(=O)oc2c1. The van der Waals surface area contributed by atoms with Crippen molar-refractivity contribution in [2.24, 2.45) is 5.92 Å². The van der Waals surface area contributed by atoms with Gasteiger partial charge in [0.05, 0.1) is 13.0 Å². The molecule has 1 aliphatic heterocycles. The molecule has 0 fully saturated rings. The second kappa shape index (κ2) is 7.56.